The normalized spacial score (nSPS) is 12.1. The summed E-state index contributed by atoms with van der Waals surface area (Å²) >= 11 is 11.9. The Balaban J connectivity index is 1.94. The van der Waals surface area contributed by atoms with Crippen LogP contribution in [0.2, 0.25) is 10.0 Å². The van der Waals surface area contributed by atoms with Crippen molar-refractivity contribution in [2.75, 3.05) is 0 Å². The Labute approximate surface area is 196 Å². The summed E-state index contributed by atoms with van der Waals surface area (Å²) in [5, 5.41) is 16.1. The molecule has 0 spiro atoms. The summed E-state index contributed by atoms with van der Waals surface area (Å²) in [7, 11) is 1.30. The number of carboxylic acids is 1. The number of rotatable bonds is 7. The molecule has 0 radical (unpaired) electrons. The Hall–Kier alpha value is -3.04. The van der Waals surface area contributed by atoms with Crippen molar-refractivity contribution in [3.8, 4) is 0 Å². The number of nitrogens with zero attached hydrogens (tertiary/aromatic N) is 2. The maximum atomic E-state index is 14.4. The summed E-state index contributed by atoms with van der Waals surface area (Å²) in [6, 6.07) is 7.01. The minimum atomic E-state index is -2.99. The van der Waals surface area contributed by atoms with Crippen molar-refractivity contribution in [2.45, 2.75) is 25.8 Å². The second kappa shape index (κ2) is 9.84. The van der Waals surface area contributed by atoms with E-state index in [0.29, 0.717) is 10.6 Å². The average molecular weight is 500 g/mol. The largest absolute Gasteiger partial charge is 0.478 e. The van der Waals surface area contributed by atoms with Crippen LogP contribution in [0.3, 0.4) is 0 Å². The first kappa shape index (κ1) is 24.6. The van der Waals surface area contributed by atoms with E-state index in [1.165, 1.54) is 26.1 Å². The summed E-state index contributed by atoms with van der Waals surface area (Å²) in [6.45, 7) is 1.45. The van der Waals surface area contributed by atoms with Crippen molar-refractivity contribution < 1.29 is 27.9 Å². The van der Waals surface area contributed by atoms with E-state index in [2.05, 4.69) is 10.4 Å². The first-order chi connectivity index (χ1) is 15.5. The molecule has 0 saturated carbocycles. The number of halogens is 5. The zero-order valence-electron chi connectivity index (χ0n) is 17.4. The van der Waals surface area contributed by atoms with E-state index in [9.17, 15) is 22.8 Å². The molecule has 1 amide bonds. The van der Waals surface area contributed by atoms with Gasteiger partial charge in [0.05, 0.1) is 32.9 Å². The van der Waals surface area contributed by atoms with Crippen LogP contribution in [-0.2, 0) is 13.5 Å². The van der Waals surface area contributed by atoms with Gasteiger partial charge in [-0.3, -0.25) is 9.48 Å². The number of benzene rings is 2. The lowest BCUT2D eigenvalue weighted by Gasteiger charge is -2.16. The van der Waals surface area contributed by atoms with E-state index < -0.39 is 35.9 Å². The Morgan fingerprint density at radius 2 is 1.85 bits per heavy atom. The summed E-state index contributed by atoms with van der Waals surface area (Å²) in [5.74, 6) is -3.03. The molecule has 2 aromatic carbocycles. The predicted octanol–water partition coefficient (Wildman–Crippen LogP) is 5.58. The fourth-order valence-electron chi connectivity index (χ4n) is 3.42. The van der Waals surface area contributed by atoms with Gasteiger partial charge in [0.25, 0.3) is 12.3 Å². The number of carbonyl (C=O) groups excluding carboxylic acids is 1. The Kier molecular flexibility index (Phi) is 7.34. The molecular weight excluding hydrogens is 482 g/mol. The molecule has 33 heavy (non-hydrogen) atoms. The Morgan fingerprint density at radius 3 is 2.42 bits per heavy atom. The summed E-state index contributed by atoms with van der Waals surface area (Å²) in [5.41, 5.74) is -0.490. The second-order valence-electron chi connectivity index (χ2n) is 7.29. The van der Waals surface area contributed by atoms with Gasteiger partial charge in [0, 0.05) is 19.0 Å². The van der Waals surface area contributed by atoms with Crippen molar-refractivity contribution in [3.05, 3.63) is 85.9 Å². The molecule has 1 aromatic heterocycles. The van der Waals surface area contributed by atoms with Gasteiger partial charge in [-0.2, -0.15) is 5.10 Å². The number of amides is 1. The van der Waals surface area contributed by atoms with Crippen LogP contribution in [0, 0.1) is 5.82 Å². The first-order valence-corrected chi connectivity index (χ1v) is 10.4. The van der Waals surface area contributed by atoms with Crippen LogP contribution < -0.4 is 5.32 Å². The molecule has 0 aliphatic heterocycles. The third-order valence-electron chi connectivity index (χ3n) is 5.01. The Bertz CT molecular complexity index is 1230. The molecular formula is C22H18Cl2F3N3O3. The number of nitrogens with one attached hydrogen (secondary N) is 1. The van der Waals surface area contributed by atoms with Crippen molar-refractivity contribution in [2.24, 2.45) is 7.05 Å². The van der Waals surface area contributed by atoms with Gasteiger partial charge in [-0.25, -0.2) is 18.0 Å². The predicted molar refractivity (Wildman–Crippen MR) is 117 cm³/mol. The molecule has 11 heteroatoms. The zero-order valence-corrected chi connectivity index (χ0v) is 18.9. The first-order valence-electron chi connectivity index (χ1n) is 9.61. The number of aromatic nitrogens is 2. The molecule has 0 saturated heterocycles. The highest BCUT2D eigenvalue weighted by Crippen LogP contribution is 2.29. The average Bonchev–Trinajstić information content (AvgIpc) is 3.06. The Morgan fingerprint density at radius 1 is 1.15 bits per heavy atom. The molecule has 0 aliphatic carbocycles. The van der Waals surface area contributed by atoms with Crippen LogP contribution in [0.25, 0.3) is 0 Å². The molecule has 1 atom stereocenters. The van der Waals surface area contributed by atoms with Gasteiger partial charge in [-0.1, -0.05) is 35.3 Å². The SMILES string of the molecule is CC(NC(=O)c1c(Cc2ccc(Cl)c(Cl)c2)nn(C)c1C(F)F)c1ccc(C(=O)O)cc1F. The van der Waals surface area contributed by atoms with Crippen LogP contribution in [0.15, 0.2) is 36.4 Å². The molecule has 0 fully saturated rings. The van der Waals surface area contributed by atoms with Crippen molar-refractivity contribution >= 4 is 35.1 Å². The topological polar surface area (TPSA) is 84.2 Å². The van der Waals surface area contributed by atoms with E-state index >= 15 is 0 Å². The van der Waals surface area contributed by atoms with Crippen molar-refractivity contribution in [1.82, 2.24) is 15.1 Å². The van der Waals surface area contributed by atoms with Gasteiger partial charge in [0.1, 0.15) is 11.5 Å². The maximum Gasteiger partial charge on any atom is 0.335 e. The van der Waals surface area contributed by atoms with Crippen LogP contribution in [0.4, 0.5) is 13.2 Å². The molecule has 1 unspecified atom stereocenters. The quantitative estimate of drug-likeness (QED) is 0.444. The zero-order chi connectivity index (χ0) is 24.4. The molecule has 6 nitrogen and oxygen atoms in total. The molecule has 3 rings (SSSR count). The van der Waals surface area contributed by atoms with Gasteiger partial charge < -0.3 is 10.4 Å². The number of hydrogen-bond donors (Lipinski definition) is 2. The van der Waals surface area contributed by atoms with E-state index in [4.69, 9.17) is 28.3 Å². The van der Waals surface area contributed by atoms with Crippen LogP contribution >= 0.6 is 23.2 Å². The smallest absolute Gasteiger partial charge is 0.335 e. The highest BCUT2D eigenvalue weighted by molar-refractivity contribution is 6.42. The van der Waals surface area contributed by atoms with E-state index in [0.717, 1.165) is 10.7 Å². The second-order valence-corrected chi connectivity index (χ2v) is 8.11. The fraction of sp³-hybridized carbons (Fsp3) is 0.227. The minimum absolute atomic E-state index is 0.00173. The lowest BCUT2D eigenvalue weighted by Crippen LogP contribution is -2.29. The summed E-state index contributed by atoms with van der Waals surface area (Å²) in [6.07, 6.45) is -2.97. The number of hydrogen-bond acceptors (Lipinski definition) is 3. The van der Waals surface area contributed by atoms with Gasteiger partial charge in [-0.05, 0) is 36.8 Å². The van der Waals surface area contributed by atoms with Crippen LogP contribution in [0.5, 0.6) is 0 Å². The number of carbonyl (C=O) groups is 2. The number of aryl methyl sites for hydroxylation is 1. The van der Waals surface area contributed by atoms with Gasteiger partial charge >= 0.3 is 5.97 Å². The van der Waals surface area contributed by atoms with Gasteiger partial charge in [0.15, 0.2) is 0 Å². The van der Waals surface area contributed by atoms with Gasteiger partial charge in [-0.15, -0.1) is 0 Å². The number of alkyl halides is 2. The van der Waals surface area contributed by atoms with Crippen molar-refractivity contribution in [1.29, 1.82) is 0 Å². The molecule has 3 aromatic rings. The minimum Gasteiger partial charge on any atom is -0.478 e. The third-order valence-corrected chi connectivity index (χ3v) is 5.75. The monoisotopic (exact) mass is 499 g/mol. The molecule has 174 valence electrons. The molecule has 1 heterocycles. The fourth-order valence-corrected chi connectivity index (χ4v) is 3.74. The molecule has 2 N–H and O–H groups in total. The van der Waals surface area contributed by atoms with E-state index in [1.807, 2.05) is 0 Å². The summed E-state index contributed by atoms with van der Waals surface area (Å²) < 4.78 is 42.9. The number of carboxylic acid groups (broad SMARTS) is 1. The standard InChI is InChI=1S/C22H18Cl2F3N3O3/c1-10(13-5-4-12(22(32)33)9-16(13)25)28-21(31)18-17(29-30(2)19(18)20(26)27)8-11-3-6-14(23)15(24)7-11/h3-7,9-10,20H,8H2,1-2H3,(H,28,31)(H,32,33). The third kappa shape index (κ3) is 5.31. The van der Waals surface area contributed by atoms with E-state index in [1.54, 1.807) is 18.2 Å². The maximum absolute atomic E-state index is 14.4. The van der Waals surface area contributed by atoms with Crippen LogP contribution in [-0.4, -0.2) is 26.8 Å². The number of aromatic carboxylic acids is 1. The van der Waals surface area contributed by atoms with E-state index in [-0.39, 0.29) is 33.8 Å². The molecule has 0 aliphatic rings. The summed E-state index contributed by atoms with van der Waals surface area (Å²) in [4.78, 5) is 24.0. The van der Waals surface area contributed by atoms with Crippen LogP contribution in [0.1, 0.15) is 62.6 Å². The van der Waals surface area contributed by atoms with Crippen molar-refractivity contribution in [3.63, 3.8) is 0 Å². The van der Waals surface area contributed by atoms with Gasteiger partial charge in [0.2, 0.25) is 0 Å². The highest BCUT2D eigenvalue weighted by atomic mass is 35.5. The lowest BCUT2D eigenvalue weighted by atomic mass is 10.0. The highest BCUT2D eigenvalue weighted by Gasteiger charge is 2.29. The molecule has 0 bridgehead atoms. The lowest BCUT2D eigenvalue weighted by molar-refractivity contribution is 0.0695.